The van der Waals surface area contributed by atoms with Crippen LogP contribution in [0.1, 0.15) is 22.3 Å². The first kappa shape index (κ1) is 16.9. The minimum Gasteiger partial charge on any atom is -0.338 e. The van der Waals surface area contributed by atoms with Gasteiger partial charge in [-0.2, -0.15) is 20.6 Å². The van der Waals surface area contributed by atoms with E-state index in [1.165, 1.54) is 6.20 Å². The van der Waals surface area contributed by atoms with Gasteiger partial charge in [0.1, 0.15) is 0 Å². The standard InChI is InChI=1S/C19H15N7/c1-12-7-15(10-21)8-13(2)18(12)24-17-11-22-26-19(25-17)23-16-5-3-14(9-20)4-6-16/h3-8,11H,1-2H3,(H2,23,24,25,26). The number of benzene rings is 2. The number of nitrogens with zero attached hydrogens (tertiary/aromatic N) is 5. The molecule has 1 aromatic heterocycles. The molecule has 3 aromatic rings. The van der Waals surface area contributed by atoms with Gasteiger partial charge in [0.05, 0.1) is 29.5 Å². The fraction of sp³-hybridized carbons (Fsp3) is 0.105. The van der Waals surface area contributed by atoms with Crippen LogP contribution < -0.4 is 10.6 Å². The molecule has 2 N–H and O–H groups in total. The second kappa shape index (κ2) is 7.29. The smallest absolute Gasteiger partial charge is 0.249 e. The maximum Gasteiger partial charge on any atom is 0.249 e. The van der Waals surface area contributed by atoms with E-state index in [4.69, 9.17) is 10.5 Å². The highest BCUT2D eigenvalue weighted by molar-refractivity contribution is 5.66. The van der Waals surface area contributed by atoms with Gasteiger partial charge in [0.15, 0.2) is 5.82 Å². The van der Waals surface area contributed by atoms with Gasteiger partial charge in [-0.3, -0.25) is 0 Å². The molecular weight excluding hydrogens is 326 g/mol. The third-order valence-corrected chi connectivity index (χ3v) is 3.74. The molecule has 126 valence electrons. The normalized spacial score (nSPS) is 9.85. The van der Waals surface area contributed by atoms with E-state index < -0.39 is 0 Å². The highest BCUT2D eigenvalue weighted by Crippen LogP contribution is 2.25. The number of hydrogen-bond acceptors (Lipinski definition) is 7. The number of anilines is 4. The molecule has 3 rings (SSSR count). The molecule has 0 fully saturated rings. The summed E-state index contributed by atoms with van der Waals surface area (Å²) in [5.41, 5.74) is 4.73. The Hall–Kier alpha value is -3.97. The zero-order valence-electron chi connectivity index (χ0n) is 14.3. The van der Waals surface area contributed by atoms with Crippen LogP contribution >= 0.6 is 0 Å². The molecule has 0 aliphatic carbocycles. The van der Waals surface area contributed by atoms with E-state index in [1.807, 2.05) is 26.0 Å². The second-order valence-corrected chi connectivity index (χ2v) is 5.70. The number of aryl methyl sites for hydroxylation is 2. The molecule has 2 aromatic carbocycles. The Morgan fingerprint density at radius 1 is 0.885 bits per heavy atom. The summed E-state index contributed by atoms with van der Waals surface area (Å²) in [5.74, 6) is 0.871. The first-order chi connectivity index (χ1) is 12.6. The quantitative estimate of drug-likeness (QED) is 0.744. The lowest BCUT2D eigenvalue weighted by molar-refractivity contribution is 0.982. The maximum absolute atomic E-state index is 9.05. The van der Waals surface area contributed by atoms with Gasteiger partial charge in [0.2, 0.25) is 5.95 Å². The summed E-state index contributed by atoms with van der Waals surface area (Å²) in [4.78, 5) is 4.40. The Morgan fingerprint density at radius 2 is 1.54 bits per heavy atom. The van der Waals surface area contributed by atoms with Crippen LogP contribution in [0.3, 0.4) is 0 Å². The zero-order chi connectivity index (χ0) is 18.5. The summed E-state index contributed by atoms with van der Waals surface area (Å²) in [5, 5.41) is 32.1. The molecule has 1 heterocycles. The third-order valence-electron chi connectivity index (χ3n) is 3.74. The lowest BCUT2D eigenvalue weighted by atomic mass is 10.0. The van der Waals surface area contributed by atoms with E-state index in [1.54, 1.807) is 24.3 Å². The molecule has 0 aliphatic rings. The number of hydrogen-bond donors (Lipinski definition) is 2. The highest BCUT2D eigenvalue weighted by Gasteiger charge is 2.08. The van der Waals surface area contributed by atoms with Crippen LogP contribution in [0.25, 0.3) is 0 Å². The van der Waals surface area contributed by atoms with Crippen LogP contribution in [0.5, 0.6) is 0 Å². The first-order valence-corrected chi connectivity index (χ1v) is 7.84. The van der Waals surface area contributed by atoms with E-state index in [2.05, 4.69) is 38.0 Å². The number of aromatic nitrogens is 3. The summed E-state index contributed by atoms with van der Waals surface area (Å²) < 4.78 is 0. The predicted octanol–water partition coefficient (Wildman–Crippen LogP) is 3.72. The average Bonchev–Trinajstić information content (AvgIpc) is 2.65. The van der Waals surface area contributed by atoms with Gasteiger partial charge >= 0.3 is 0 Å². The summed E-state index contributed by atoms with van der Waals surface area (Å²) in [6.45, 7) is 3.86. The van der Waals surface area contributed by atoms with Gasteiger partial charge < -0.3 is 10.6 Å². The van der Waals surface area contributed by atoms with Gasteiger partial charge in [0, 0.05) is 11.4 Å². The van der Waals surface area contributed by atoms with E-state index in [0.717, 1.165) is 22.5 Å². The van der Waals surface area contributed by atoms with Gasteiger partial charge in [-0.05, 0) is 61.4 Å². The molecule has 0 bridgehead atoms. The summed E-state index contributed by atoms with van der Waals surface area (Å²) >= 11 is 0. The monoisotopic (exact) mass is 341 g/mol. The lowest BCUT2D eigenvalue weighted by Gasteiger charge is -2.13. The van der Waals surface area contributed by atoms with Crippen molar-refractivity contribution >= 4 is 23.1 Å². The van der Waals surface area contributed by atoms with Crippen molar-refractivity contribution in [3.05, 3.63) is 64.8 Å². The van der Waals surface area contributed by atoms with Gasteiger partial charge in [-0.15, -0.1) is 5.10 Å². The minimum atomic E-state index is 0.337. The van der Waals surface area contributed by atoms with Gasteiger partial charge in [0.25, 0.3) is 0 Å². The molecule has 0 unspecified atom stereocenters. The minimum absolute atomic E-state index is 0.337. The lowest BCUT2D eigenvalue weighted by Crippen LogP contribution is -2.04. The Balaban J connectivity index is 1.82. The van der Waals surface area contributed by atoms with Crippen LogP contribution in [-0.4, -0.2) is 15.2 Å². The molecule has 0 spiro atoms. The van der Waals surface area contributed by atoms with Crippen molar-refractivity contribution in [1.29, 1.82) is 10.5 Å². The molecule has 0 saturated carbocycles. The Kier molecular flexibility index (Phi) is 4.73. The molecule has 0 aliphatic heterocycles. The SMILES string of the molecule is Cc1cc(C#N)cc(C)c1Nc1cnnc(Nc2ccc(C#N)cc2)n1. The van der Waals surface area contributed by atoms with Crippen LogP contribution in [0, 0.1) is 36.5 Å². The summed E-state index contributed by atoms with van der Waals surface area (Å²) in [7, 11) is 0. The molecular formula is C19H15N7. The summed E-state index contributed by atoms with van der Waals surface area (Å²) in [6.07, 6.45) is 1.53. The topological polar surface area (TPSA) is 110 Å². The molecule has 26 heavy (non-hydrogen) atoms. The van der Waals surface area contributed by atoms with Crippen LogP contribution in [0.2, 0.25) is 0 Å². The second-order valence-electron chi connectivity index (χ2n) is 5.70. The van der Waals surface area contributed by atoms with Crippen LogP contribution in [-0.2, 0) is 0 Å². The Morgan fingerprint density at radius 3 is 2.15 bits per heavy atom. The van der Waals surface area contributed by atoms with Crippen molar-refractivity contribution in [2.75, 3.05) is 10.6 Å². The molecule has 0 atom stereocenters. The van der Waals surface area contributed by atoms with Crippen molar-refractivity contribution in [1.82, 2.24) is 15.2 Å². The van der Waals surface area contributed by atoms with Crippen molar-refractivity contribution in [2.24, 2.45) is 0 Å². The Bertz CT molecular complexity index is 1000. The fourth-order valence-corrected chi connectivity index (χ4v) is 2.53. The predicted molar refractivity (Wildman–Crippen MR) is 98.2 cm³/mol. The highest BCUT2D eigenvalue weighted by atomic mass is 15.3. The maximum atomic E-state index is 9.05. The average molecular weight is 341 g/mol. The third kappa shape index (κ3) is 3.74. The van der Waals surface area contributed by atoms with Crippen LogP contribution in [0.15, 0.2) is 42.6 Å². The van der Waals surface area contributed by atoms with Crippen LogP contribution in [0.4, 0.5) is 23.1 Å². The molecule has 0 amide bonds. The zero-order valence-corrected chi connectivity index (χ0v) is 14.3. The molecule has 0 radical (unpaired) electrons. The van der Waals surface area contributed by atoms with E-state index in [0.29, 0.717) is 22.9 Å². The van der Waals surface area contributed by atoms with Crippen molar-refractivity contribution in [3.8, 4) is 12.1 Å². The number of nitrogens with one attached hydrogen (secondary N) is 2. The van der Waals surface area contributed by atoms with Crippen molar-refractivity contribution < 1.29 is 0 Å². The largest absolute Gasteiger partial charge is 0.338 e. The molecule has 7 nitrogen and oxygen atoms in total. The van der Waals surface area contributed by atoms with Gasteiger partial charge in [-0.1, -0.05) is 0 Å². The molecule has 0 saturated heterocycles. The van der Waals surface area contributed by atoms with Gasteiger partial charge in [-0.25, -0.2) is 0 Å². The Labute approximate surface area is 151 Å². The van der Waals surface area contributed by atoms with E-state index in [-0.39, 0.29) is 0 Å². The van der Waals surface area contributed by atoms with Crippen molar-refractivity contribution in [3.63, 3.8) is 0 Å². The van der Waals surface area contributed by atoms with E-state index in [9.17, 15) is 0 Å². The summed E-state index contributed by atoms with van der Waals surface area (Å²) in [6, 6.07) is 14.8. The fourth-order valence-electron chi connectivity index (χ4n) is 2.53. The van der Waals surface area contributed by atoms with Crippen molar-refractivity contribution in [2.45, 2.75) is 13.8 Å². The number of rotatable bonds is 4. The number of nitriles is 2. The van der Waals surface area contributed by atoms with E-state index >= 15 is 0 Å². The first-order valence-electron chi connectivity index (χ1n) is 7.84. The molecule has 7 heteroatoms.